The summed E-state index contributed by atoms with van der Waals surface area (Å²) in [7, 11) is 0. The fourth-order valence-electron chi connectivity index (χ4n) is 3.73. The van der Waals surface area contributed by atoms with E-state index in [4.69, 9.17) is 4.74 Å². The summed E-state index contributed by atoms with van der Waals surface area (Å²) in [5, 5.41) is 12.5. The molecule has 0 unspecified atom stereocenters. The number of hydrogen-bond acceptors (Lipinski definition) is 5. The highest BCUT2D eigenvalue weighted by Crippen LogP contribution is 2.27. The predicted molar refractivity (Wildman–Crippen MR) is 116 cm³/mol. The summed E-state index contributed by atoms with van der Waals surface area (Å²) in [6, 6.07) is 8.44. The molecular formula is C22H32N4O2S. The van der Waals surface area contributed by atoms with Gasteiger partial charge in [0, 0.05) is 12.6 Å². The number of benzene rings is 1. The van der Waals surface area contributed by atoms with E-state index in [2.05, 4.69) is 42.4 Å². The van der Waals surface area contributed by atoms with Crippen molar-refractivity contribution in [1.82, 2.24) is 20.1 Å². The molecule has 1 aromatic carbocycles. The van der Waals surface area contributed by atoms with Gasteiger partial charge in [0.1, 0.15) is 12.4 Å². The fourth-order valence-corrected chi connectivity index (χ4v) is 4.56. The van der Waals surface area contributed by atoms with Gasteiger partial charge in [-0.3, -0.25) is 4.79 Å². The van der Waals surface area contributed by atoms with E-state index in [-0.39, 0.29) is 5.91 Å². The average molecular weight is 417 g/mol. The maximum Gasteiger partial charge on any atom is 0.230 e. The van der Waals surface area contributed by atoms with Gasteiger partial charge in [-0.15, -0.1) is 10.2 Å². The first-order valence-corrected chi connectivity index (χ1v) is 11.6. The molecule has 1 fully saturated rings. The highest BCUT2D eigenvalue weighted by molar-refractivity contribution is 7.99. The molecule has 29 heavy (non-hydrogen) atoms. The molecule has 0 aliphatic heterocycles. The molecule has 0 bridgehead atoms. The van der Waals surface area contributed by atoms with Crippen molar-refractivity contribution in [2.45, 2.75) is 83.1 Å². The molecule has 1 aliphatic rings. The van der Waals surface area contributed by atoms with Crippen molar-refractivity contribution in [3.05, 3.63) is 35.7 Å². The van der Waals surface area contributed by atoms with Crippen LogP contribution < -0.4 is 10.1 Å². The molecule has 1 heterocycles. The van der Waals surface area contributed by atoms with Gasteiger partial charge in [-0.2, -0.15) is 0 Å². The molecule has 0 spiro atoms. The van der Waals surface area contributed by atoms with E-state index in [0.29, 0.717) is 24.3 Å². The van der Waals surface area contributed by atoms with Gasteiger partial charge in [0.25, 0.3) is 0 Å². The summed E-state index contributed by atoms with van der Waals surface area (Å²) in [4.78, 5) is 12.3. The first kappa shape index (κ1) is 21.7. The van der Waals surface area contributed by atoms with Crippen LogP contribution in [0.5, 0.6) is 5.75 Å². The van der Waals surface area contributed by atoms with Gasteiger partial charge in [-0.05, 0) is 37.3 Å². The number of carbonyl (C=O) groups is 1. The third-order valence-corrected chi connectivity index (χ3v) is 6.28. The summed E-state index contributed by atoms with van der Waals surface area (Å²) in [6.45, 7) is 7.47. The minimum absolute atomic E-state index is 0.0798. The van der Waals surface area contributed by atoms with Crippen LogP contribution in [0.2, 0.25) is 0 Å². The molecule has 3 rings (SSSR count). The van der Waals surface area contributed by atoms with Gasteiger partial charge < -0.3 is 14.6 Å². The van der Waals surface area contributed by atoms with Crippen LogP contribution in [0.15, 0.2) is 29.4 Å². The molecule has 2 aromatic rings. The lowest BCUT2D eigenvalue weighted by Crippen LogP contribution is -2.37. The predicted octanol–water partition coefficient (Wildman–Crippen LogP) is 4.54. The molecule has 1 amide bonds. The molecule has 158 valence electrons. The summed E-state index contributed by atoms with van der Waals surface area (Å²) >= 11 is 1.44. The molecule has 1 aromatic heterocycles. The number of amides is 1. The van der Waals surface area contributed by atoms with E-state index in [1.807, 2.05) is 22.8 Å². The molecular weight excluding hydrogens is 384 g/mol. The second-order valence-corrected chi connectivity index (χ2v) is 8.76. The smallest absolute Gasteiger partial charge is 0.230 e. The lowest BCUT2D eigenvalue weighted by Gasteiger charge is -2.22. The van der Waals surface area contributed by atoms with Crippen molar-refractivity contribution in [3.8, 4) is 5.75 Å². The Morgan fingerprint density at radius 3 is 2.72 bits per heavy atom. The van der Waals surface area contributed by atoms with Crippen LogP contribution in [0.1, 0.15) is 70.2 Å². The molecule has 0 radical (unpaired) electrons. The Morgan fingerprint density at radius 2 is 2.00 bits per heavy atom. The van der Waals surface area contributed by atoms with E-state index in [1.165, 1.54) is 36.6 Å². The Morgan fingerprint density at radius 1 is 1.24 bits per heavy atom. The molecule has 1 aliphatic carbocycles. The topological polar surface area (TPSA) is 69.0 Å². The summed E-state index contributed by atoms with van der Waals surface area (Å²) < 4.78 is 8.08. The number of ether oxygens (including phenoxy) is 1. The number of thioether (sulfide) groups is 1. The standard InChI is InChI=1S/C22H32N4O2S/c1-4-26-20(14-28-19-13-9-8-12-18(19)16(2)3)24-25-22(26)29-15-21(27)23-17-10-6-5-7-11-17/h8-9,12-13,16-17H,4-7,10-11,14-15H2,1-3H3,(H,23,27). The van der Waals surface area contributed by atoms with Crippen molar-refractivity contribution >= 4 is 17.7 Å². The first-order valence-electron chi connectivity index (χ1n) is 10.6. The first-order chi connectivity index (χ1) is 14.1. The summed E-state index contributed by atoms with van der Waals surface area (Å²) in [5.74, 6) is 2.50. The van der Waals surface area contributed by atoms with E-state index in [1.54, 1.807) is 0 Å². The van der Waals surface area contributed by atoms with Crippen molar-refractivity contribution in [2.75, 3.05) is 5.75 Å². The Hall–Kier alpha value is -2.02. The number of nitrogens with one attached hydrogen (secondary N) is 1. The number of para-hydroxylation sites is 1. The third-order valence-electron chi connectivity index (χ3n) is 5.31. The van der Waals surface area contributed by atoms with E-state index >= 15 is 0 Å². The largest absolute Gasteiger partial charge is 0.485 e. The number of carbonyl (C=O) groups excluding carboxylic acids is 1. The van der Waals surface area contributed by atoms with Gasteiger partial charge in [0.2, 0.25) is 5.91 Å². The Labute approximate surface area is 177 Å². The van der Waals surface area contributed by atoms with Gasteiger partial charge >= 0.3 is 0 Å². The van der Waals surface area contributed by atoms with Crippen molar-refractivity contribution < 1.29 is 9.53 Å². The highest BCUT2D eigenvalue weighted by atomic mass is 32.2. The number of rotatable bonds is 9. The SMILES string of the molecule is CCn1c(COc2ccccc2C(C)C)nnc1SCC(=O)NC1CCCCC1. The van der Waals surface area contributed by atoms with Crippen LogP contribution in [0.4, 0.5) is 0 Å². The maximum atomic E-state index is 12.3. The molecule has 1 N–H and O–H groups in total. The summed E-state index contributed by atoms with van der Waals surface area (Å²) in [5.41, 5.74) is 1.18. The summed E-state index contributed by atoms with van der Waals surface area (Å²) in [6.07, 6.45) is 5.91. The zero-order valence-corrected chi connectivity index (χ0v) is 18.5. The van der Waals surface area contributed by atoms with Crippen LogP contribution in [0, 0.1) is 0 Å². The lowest BCUT2D eigenvalue weighted by molar-refractivity contribution is -0.119. The fraction of sp³-hybridized carbons (Fsp3) is 0.591. The second kappa shape index (κ2) is 10.7. The third kappa shape index (κ3) is 5.98. The van der Waals surface area contributed by atoms with Crippen LogP contribution >= 0.6 is 11.8 Å². The molecule has 7 heteroatoms. The highest BCUT2D eigenvalue weighted by Gasteiger charge is 2.18. The zero-order chi connectivity index (χ0) is 20.6. The van der Waals surface area contributed by atoms with Crippen molar-refractivity contribution in [1.29, 1.82) is 0 Å². The lowest BCUT2D eigenvalue weighted by atomic mass is 9.95. The molecule has 0 atom stereocenters. The van der Waals surface area contributed by atoms with E-state index < -0.39 is 0 Å². The van der Waals surface area contributed by atoms with Gasteiger partial charge in [0.05, 0.1) is 5.75 Å². The van der Waals surface area contributed by atoms with Gasteiger partial charge in [-0.1, -0.05) is 63.1 Å². The average Bonchev–Trinajstić information content (AvgIpc) is 3.13. The minimum Gasteiger partial charge on any atom is -0.485 e. The number of hydrogen-bond donors (Lipinski definition) is 1. The Bertz CT molecular complexity index is 800. The zero-order valence-electron chi connectivity index (χ0n) is 17.7. The van der Waals surface area contributed by atoms with Crippen LogP contribution in [0.3, 0.4) is 0 Å². The normalized spacial score (nSPS) is 14.9. The maximum absolute atomic E-state index is 12.3. The van der Waals surface area contributed by atoms with Gasteiger partial charge in [0.15, 0.2) is 11.0 Å². The van der Waals surface area contributed by atoms with Crippen molar-refractivity contribution in [3.63, 3.8) is 0 Å². The molecule has 6 nitrogen and oxygen atoms in total. The Balaban J connectivity index is 1.56. The number of aromatic nitrogens is 3. The van der Waals surface area contributed by atoms with Crippen LogP contribution in [-0.2, 0) is 17.9 Å². The van der Waals surface area contributed by atoms with E-state index in [0.717, 1.165) is 36.1 Å². The van der Waals surface area contributed by atoms with Crippen LogP contribution in [0.25, 0.3) is 0 Å². The van der Waals surface area contributed by atoms with E-state index in [9.17, 15) is 4.79 Å². The van der Waals surface area contributed by atoms with Gasteiger partial charge in [-0.25, -0.2) is 0 Å². The minimum atomic E-state index is 0.0798. The number of nitrogens with zero attached hydrogens (tertiary/aromatic N) is 3. The second-order valence-electron chi connectivity index (χ2n) is 7.82. The van der Waals surface area contributed by atoms with Crippen molar-refractivity contribution in [2.24, 2.45) is 0 Å². The monoisotopic (exact) mass is 416 g/mol. The van der Waals surface area contributed by atoms with Crippen LogP contribution in [-0.4, -0.2) is 32.5 Å². The molecule has 0 saturated heterocycles. The Kier molecular flexibility index (Phi) is 7.98. The quantitative estimate of drug-likeness (QED) is 0.608. The molecule has 1 saturated carbocycles.